The van der Waals surface area contributed by atoms with Gasteiger partial charge < -0.3 is 20.6 Å². The minimum absolute atomic E-state index is 0.0151. The molecule has 2 aromatic rings. The van der Waals surface area contributed by atoms with Crippen LogP contribution in [0.25, 0.3) is 0 Å². The Bertz CT molecular complexity index is 753. The molecule has 2 aliphatic heterocycles. The van der Waals surface area contributed by atoms with Gasteiger partial charge in [0.05, 0.1) is 6.42 Å². The molecular formula is C25H36N4O3. The van der Waals surface area contributed by atoms with E-state index in [2.05, 4.69) is 27.7 Å². The van der Waals surface area contributed by atoms with E-state index in [1.165, 1.54) is 63.0 Å². The van der Waals surface area contributed by atoms with Gasteiger partial charge in [0.25, 0.3) is 0 Å². The summed E-state index contributed by atoms with van der Waals surface area (Å²) in [5.41, 5.74) is 2.64. The van der Waals surface area contributed by atoms with Gasteiger partial charge in [-0.05, 0) is 50.4 Å². The summed E-state index contributed by atoms with van der Waals surface area (Å²) in [5.74, 6) is 0.233. The molecule has 2 aliphatic rings. The Morgan fingerprint density at radius 2 is 1.75 bits per heavy atom. The standard InChI is InChI=1S/C15H23N3.C6H6.C4H7NO3/c1-2-10-18(11-3-1)12-8-14-7-6-13-5-4-9-16-15(13)17-14;1-2-4-6-5-3-1;6-3-5-2-1-4(7)8/h6-7H,1-5,8-12H2,(H,16,17);1-6H;3H,1-2H2,(H,5,6)(H,7,8). The normalized spacial score (nSPS) is 14.9. The molecule has 0 bridgehead atoms. The number of fused-ring (bicyclic) bond motifs is 1. The van der Waals surface area contributed by atoms with E-state index < -0.39 is 5.97 Å². The lowest BCUT2D eigenvalue weighted by atomic mass is 10.1. The van der Waals surface area contributed by atoms with Gasteiger partial charge in [0, 0.05) is 31.7 Å². The Balaban J connectivity index is 0.000000215. The number of carbonyl (C=O) groups excluding carboxylic acids is 1. The molecule has 0 spiro atoms. The Hall–Kier alpha value is -2.93. The van der Waals surface area contributed by atoms with Crippen LogP contribution < -0.4 is 10.6 Å². The largest absolute Gasteiger partial charge is 0.481 e. The molecule has 7 heteroatoms. The quantitative estimate of drug-likeness (QED) is 0.451. The number of piperidine rings is 1. The van der Waals surface area contributed by atoms with Crippen LogP contribution in [-0.4, -0.2) is 60.1 Å². The van der Waals surface area contributed by atoms with Crippen molar-refractivity contribution >= 4 is 18.2 Å². The highest BCUT2D eigenvalue weighted by Crippen LogP contribution is 2.20. The SMILES string of the molecule is O=CNCCC(=O)O.c1cc2c(nc1CCN1CCCCC1)NCCC2.c1ccccc1. The highest BCUT2D eigenvalue weighted by atomic mass is 16.4. The van der Waals surface area contributed by atoms with Crippen LogP contribution in [0.5, 0.6) is 0 Å². The molecular weight excluding hydrogens is 404 g/mol. The Morgan fingerprint density at radius 1 is 1.06 bits per heavy atom. The second-order valence-corrected chi connectivity index (χ2v) is 7.86. The predicted octanol–water partition coefficient (Wildman–Crippen LogP) is 3.36. The van der Waals surface area contributed by atoms with Crippen LogP contribution in [0.3, 0.4) is 0 Å². The molecule has 1 aromatic carbocycles. The predicted molar refractivity (Wildman–Crippen MR) is 128 cm³/mol. The fourth-order valence-electron chi connectivity index (χ4n) is 3.59. The Morgan fingerprint density at radius 3 is 2.38 bits per heavy atom. The van der Waals surface area contributed by atoms with Crippen LogP contribution in [0.2, 0.25) is 0 Å². The van der Waals surface area contributed by atoms with E-state index in [1.54, 1.807) is 0 Å². The molecule has 0 radical (unpaired) electrons. The molecule has 0 saturated carbocycles. The number of carboxylic acid groups (broad SMARTS) is 1. The molecule has 174 valence electrons. The third kappa shape index (κ3) is 10.9. The third-order valence-corrected chi connectivity index (χ3v) is 5.32. The van der Waals surface area contributed by atoms with Crippen LogP contribution in [-0.2, 0) is 22.4 Å². The highest BCUT2D eigenvalue weighted by Gasteiger charge is 2.12. The lowest BCUT2D eigenvalue weighted by molar-refractivity contribution is -0.136. The van der Waals surface area contributed by atoms with Gasteiger partial charge in [-0.25, -0.2) is 4.98 Å². The maximum absolute atomic E-state index is 9.72. The molecule has 3 heterocycles. The number of aryl methyl sites for hydroxylation is 1. The number of nitrogens with zero attached hydrogens (tertiary/aromatic N) is 2. The van der Waals surface area contributed by atoms with Gasteiger partial charge in [0.2, 0.25) is 6.41 Å². The van der Waals surface area contributed by atoms with Crippen LogP contribution in [0.15, 0.2) is 48.5 Å². The van der Waals surface area contributed by atoms with Crippen LogP contribution in [0.1, 0.15) is 43.4 Å². The molecule has 7 nitrogen and oxygen atoms in total. The molecule has 3 N–H and O–H groups in total. The topological polar surface area (TPSA) is 94.6 Å². The number of amides is 1. The molecule has 0 atom stereocenters. The number of benzene rings is 1. The molecule has 1 aromatic heterocycles. The van der Waals surface area contributed by atoms with Crippen molar-refractivity contribution in [3.63, 3.8) is 0 Å². The summed E-state index contributed by atoms with van der Waals surface area (Å²) < 4.78 is 0. The van der Waals surface area contributed by atoms with E-state index in [0.29, 0.717) is 6.41 Å². The van der Waals surface area contributed by atoms with Crippen molar-refractivity contribution in [2.75, 3.05) is 38.0 Å². The second kappa shape index (κ2) is 15.8. The molecule has 1 saturated heterocycles. The number of anilines is 1. The number of aliphatic carboxylic acids is 1. The van der Waals surface area contributed by atoms with Crippen molar-refractivity contribution in [3.8, 4) is 0 Å². The minimum Gasteiger partial charge on any atom is -0.481 e. The summed E-state index contributed by atoms with van der Waals surface area (Å²) in [7, 11) is 0. The summed E-state index contributed by atoms with van der Waals surface area (Å²) in [4.78, 5) is 26.5. The van der Waals surface area contributed by atoms with Crippen molar-refractivity contribution in [2.24, 2.45) is 0 Å². The van der Waals surface area contributed by atoms with Crippen molar-refractivity contribution in [1.29, 1.82) is 0 Å². The van der Waals surface area contributed by atoms with Crippen molar-refractivity contribution in [2.45, 2.75) is 44.9 Å². The van der Waals surface area contributed by atoms with Gasteiger partial charge >= 0.3 is 5.97 Å². The Kier molecular flexibility index (Phi) is 12.5. The second-order valence-electron chi connectivity index (χ2n) is 7.86. The van der Waals surface area contributed by atoms with Crippen LogP contribution in [0, 0.1) is 0 Å². The molecule has 32 heavy (non-hydrogen) atoms. The summed E-state index contributed by atoms with van der Waals surface area (Å²) in [5, 5.41) is 13.6. The van der Waals surface area contributed by atoms with Gasteiger partial charge in [-0.3, -0.25) is 9.59 Å². The lowest BCUT2D eigenvalue weighted by Crippen LogP contribution is -2.31. The fourth-order valence-corrected chi connectivity index (χ4v) is 3.59. The third-order valence-electron chi connectivity index (χ3n) is 5.32. The minimum atomic E-state index is -0.903. The number of nitrogens with one attached hydrogen (secondary N) is 2. The summed E-state index contributed by atoms with van der Waals surface area (Å²) in [6, 6.07) is 16.5. The number of carboxylic acids is 1. The first-order valence-electron chi connectivity index (χ1n) is 11.5. The number of carbonyl (C=O) groups is 2. The smallest absolute Gasteiger partial charge is 0.305 e. The highest BCUT2D eigenvalue weighted by molar-refractivity contribution is 5.67. The fraction of sp³-hybridized carbons (Fsp3) is 0.480. The van der Waals surface area contributed by atoms with Crippen molar-refractivity contribution in [3.05, 3.63) is 59.8 Å². The number of likely N-dealkylation sites (tertiary alicyclic amines) is 1. The molecule has 4 rings (SSSR count). The lowest BCUT2D eigenvalue weighted by Gasteiger charge is -2.26. The molecule has 0 aliphatic carbocycles. The first-order valence-corrected chi connectivity index (χ1v) is 11.5. The number of hydrogen-bond acceptors (Lipinski definition) is 5. The summed E-state index contributed by atoms with van der Waals surface area (Å²) >= 11 is 0. The van der Waals surface area contributed by atoms with Crippen molar-refractivity contribution in [1.82, 2.24) is 15.2 Å². The molecule has 1 fully saturated rings. The van der Waals surface area contributed by atoms with Gasteiger partial charge in [0.1, 0.15) is 5.82 Å². The van der Waals surface area contributed by atoms with Gasteiger partial charge in [0.15, 0.2) is 0 Å². The average molecular weight is 441 g/mol. The van der Waals surface area contributed by atoms with Crippen molar-refractivity contribution < 1.29 is 14.7 Å². The van der Waals surface area contributed by atoms with E-state index in [0.717, 1.165) is 18.8 Å². The number of pyridine rings is 1. The van der Waals surface area contributed by atoms with E-state index in [4.69, 9.17) is 10.1 Å². The first kappa shape index (κ1) is 25.3. The average Bonchev–Trinajstić information content (AvgIpc) is 2.85. The maximum atomic E-state index is 9.72. The van der Waals surface area contributed by atoms with Gasteiger partial charge in [-0.15, -0.1) is 0 Å². The zero-order valence-corrected chi connectivity index (χ0v) is 18.8. The van der Waals surface area contributed by atoms with Crippen LogP contribution >= 0.6 is 0 Å². The number of aromatic nitrogens is 1. The summed E-state index contributed by atoms with van der Waals surface area (Å²) in [6.07, 6.45) is 8.13. The zero-order valence-electron chi connectivity index (χ0n) is 18.8. The summed E-state index contributed by atoms with van der Waals surface area (Å²) in [6.45, 7) is 5.02. The molecule has 1 amide bonds. The van der Waals surface area contributed by atoms with E-state index in [-0.39, 0.29) is 13.0 Å². The Labute approximate surface area is 191 Å². The number of rotatable bonds is 7. The van der Waals surface area contributed by atoms with E-state index >= 15 is 0 Å². The number of hydrogen-bond donors (Lipinski definition) is 3. The van der Waals surface area contributed by atoms with Gasteiger partial charge in [-0.2, -0.15) is 0 Å². The van der Waals surface area contributed by atoms with E-state index in [9.17, 15) is 9.59 Å². The monoisotopic (exact) mass is 440 g/mol. The van der Waals surface area contributed by atoms with Gasteiger partial charge in [-0.1, -0.05) is 48.9 Å². The first-order chi connectivity index (χ1) is 15.7. The zero-order chi connectivity index (χ0) is 22.9. The van der Waals surface area contributed by atoms with Crippen LogP contribution in [0.4, 0.5) is 5.82 Å². The maximum Gasteiger partial charge on any atom is 0.305 e. The molecule has 0 unspecified atom stereocenters. The van der Waals surface area contributed by atoms with E-state index in [1.807, 2.05) is 36.4 Å².